The van der Waals surface area contributed by atoms with Gasteiger partial charge < -0.3 is 22.9 Å². The fourth-order valence-corrected chi connectivity index (χ4v) is 4.38. The molecule has 27 heavy (non-hydrogen) atoms. The standard InChI is InChI=1S/C13H24.C6H12.4CH5N/c1-3-7-12(8-4-1)11-13-9-5-2-6-10-13;1-2-4-6-5-3-1;4*1-2/h12-13H,1-11H2;1-6H2;4*2H2,1H3. The molecule has 0 amide bonds. The summed E-state index contributed by atoms with van der Waals surface area (Å²) in [5, 5.41) is 0. The van der Waals surface area contributed by atoms with Crippen LogP contribution in [0.5, 0.6) is 0 Å². The van der Waals surface area contributed by atoms with Gasteiger partial charge in [-0.1, -0.05) is 103 Å². The Kier molecular flexibility index (Phi) is 35.7. The number of hydrogen-bond acceptors (Lipinski definition) is 4. The molecule has 3 aliphatic rings. The molecule has 168 valence electrons. The molecule has 0 bridgehead atoms. The van der Waals surface area contributed by atoms with Crippen LogP contribution < -0.4 is 22.9 Å². The predicted molar refractivity (Wildman–Crippen MR) is 126 cm³/mol. The maximum atomic E-state index is 4.50. The third-order valence-corrected chi connectivity index (χ3v) is 5.62. The number of nitrogens with two attached hydrogens (primary N) is 4. The highest BCUT2D eigenvalue weighted by Crippen LogP contribution is 2.34. The van der Waals surface area contributed by atoms with Crippen LogP contribution in [0, 0.1) is 11.8 Å². The second-order valence-corrected chi connectivity index (χ2v) is 7.37. The SMILES string of the molecule is C1CCC(CC2CCCCC2)CC1.C1CCCCC1.CN.CN.CN.CN. The maximum Gasteiger partial charge on any atom is -0.0195 e. The zero-order chi connectivity index (χ0) is 21.2. The fraction of sp³-hybridized carbons (Fsp3) is 1.00. The zero-order valence-electron chi connectivity index (χ0n) is 19.5. The van der Waals surface area contributed by atoms with E-state index in [1.54, 1.807) is 32.1 Å². The van der Waals surface area contributed by atoms with Gasteiger partial charge in [0.1, 0.15) is 0 Å². The summed E-state index contributed by atoms with van der Waals surface area (Å²) < 4.78 is 0. The molecule has 4 nitrogen and oxygen atoms in total. The molecule has 0 radical (unpaired) electrons. The van der Waals surface area contributed by atoms with Gasteiger partial charge in [0.15, 0.2) is 0 Å². The minimum Gasteiger partial charge on any atom is -0.333 e. The first-order valence-corrected chi connectivity index (χ1v) is 11.8. The van der Waals surface area contributed by atoms with E-state index in [0.717, 1.165) is 11.8 Å². The van der Waals surface area contributed by atoms with Crippen molar-refractivity contribution >= 4 is 0 Å². The van der Waals surface area contributed by atoms with Gasteiger partial charge in [-0.2, -0.15) is 0 Å². The second kappa shape index (κ2) is 30.6. The van der Waals surface area contributed by atoms with Crippen LogP contribution in [0.4, 0.5) is 0 Å². The van der Waals surface area contributed by atoms with Gasteiger partial charge in [-0.3, -0.25) is 0 Å². The molecule has 0 spiro atoms. The van der Waals surface area contributed by atoms with E-state index in [1.165, 1.54) is 105 Å². The van der Waals surface area contributed by atoms with E-state index in [2.05, 4.69) is 22.9 Å². The predicted octanol–water partition coefficient (Wildman–Crippen LogP) is 5.18. The first-order valence-electron chi connectivity index (χ1n) is 11.8. The Morgan fingerprint density at radius 1 is 0.370 bits per heavy atom. The third kappa shape index (κ3) is 22.0. The molecule has 4 heteroatoms. The van der Waals surface area contributed by atoms with Crippen molar-refractivity contribution in [2.45, 2.75) is 109 Å². The van der Waals surface area contributed by atoms with Crippen molar-refractivity contribution < 1.29 is 0 Å². The summed E-state index contributed by atoms with van der Waals surface area (Å²) in [5.41, 5.74) is 18.0. The van der Waals surface area contributed by atoms with E-state index in [-0.39, 0.29) is 0 Å². The van der Waals surface area contributed by atoms with Gasteiger partial charge in [-0.25, -0.2) is 0 Å². The van der Waals surface area contributed by atoms with Gasteiger partial charge in [0.25, 0.3) is 0 Å². The summed E-state index contributed by atoms with van der Waals surface area (Å²) in [6.07, 6.45) is 25.9. The molecule has 0 heterocycles. The lowest BCUT2D eigenvalue weighted by Gasteiger charge is -2.28. The molecule has 0 aliphatic heterocycles. The largest absolute Gasteiger partial charge is 0.333 e. The molecule has 0 saturated heterocycles. The second-order valence-electron chi connectivity index (χ2n) is 7.37. The summed E-state index contributed by atoms with van der Waals surface area (Å²) in [6.45, 7) is 0. The van der Waals surface area contributed by atoms with Crippen LogP contribution in [0.25, 0.3) is 0 Å². The molecule has 3 fully saturated rings. The average molecular weight is 389 g/mol. The molecule has 0 aromatic carbocycles. The Morgan fingerprint density at radius 3 is 0.778 bits per heavy atom. The van der Waals surface area contributed by atoms with Gasteiger partial charge in [-0.15, -0.1) is 0 Å². The van der Waals surface area contributed by atoms with Gasteiger partial charge >= 0.3 is 0 Å². The number of rotatable bonds is 2. The summed E-state index contributed by atoms with van der Waals surface area (Å²) >= 11 is 0. The lowest BCUT2D eigenvalue weighted by Crippen LogP contribution is -2.14. The van der Waals surface area contributed by atoms with E-state index in [0.29, 0.717) is 0 Å². The Hall–Kier alpha value is -0.160. The zero-order valence-corrected chi connectivity index (χ0v) is 19.5. The lowest BCUT2D eigenvalue weighted by atomic mass is 9.78. The van der Waals surface area contributed by atoms with Crippen molar-refractivity contribution in [2.24, 2.45) is 34.8 Å². The van der Waals surface area contributed by atoms with Crippen molar-refractivity contribution in [3.63, 3.8) is 0 Å². The Balaban J connectivity index is -0.000000347. The van der Waals surface area contributed by atoms with Crippen LogP contribution >= 0.6 is 0 Å². The smallest absolute Gasteiger partial charge is 0.0195 e. The van der Waals surface area contributed by atoms with E-state index in [4.69, 9.17) is 0 Å². The van der Waals surface area contributed by atoms with Crippen LogP contribution in [0.15, 0.2) is 0 Å². The quantitative estimate of drug-likeness (QED) is 0.523. The summed E-state index contributed by atoms with van der Waals surface area (Å²) in [7, 11) is 6.00. The number of hydrogen-bond donors (Lipinski definition) is 4. The van der Waals surface area contributed by atoms with Crippen LogP contribution in [0.1, 0.15) is 109 Å². The Morgan fingerprint density at radius 2 is 0.556 bits per heavy atom. The molecular weight excluding hydrogens is 332 g/mol. The highest BCUT2D eigenvalue weighted by Gasteiger charge is 2.20. The molecular formula is C23H56N4. The first-order chi connectivity index (χ1) is 13.4. The summed E-state index contributed by atoms with van der Waals surface area (Å²) in [4.78, 5) is 0. The van der Waals surface area contributed by atoms with E-state index in [1.807, 2.05) is 0 Å². The summed E-state index contributed by atoms with van der Waals surface area (Å²) in [5.74, 6) is 2.24. The van der Waals surface area contributed by atoms with Gasteiger partial charge in [-0.05, 0) is 46.4 Å². The topological polar surface area (TPSA) is 104 Å². The maximum absolute atomic E-state index is 4.50. The van der Waals surface area contributed by atoms with Crippen molar-refractivity contribution in [1.82, 2.24) is 0 Å². The van der Waals surface area contributed by atoms with Crippen LogP contribution in [0.3, 0.4) is 0 Å². The highest BCUT2D eigenvalue weighted by molar-refractivity contribution is 4.73. The van der Waals surface area contributed by atoms with E-state index < -0.39 is 0 Å². The van der Waals surface area contributed by atoms with Crippen molar-refractivity contribution in [2.75, 3.05) is 28.2 Å². The van der Waals surface area contributed by atoms with E-state index in [9.17, 15) is 0 Å². The van der Waals surface area contributed by atoms with Crippen LogP contribution in [-0.4, -0.2) is 28.2 Å². The molecule has 3 aliphatic carbocycles. The van der Waals surface area contributed by atoms with Crippen molar-refractivity contribution in [1.29, 1.82) is 0 Å². The molecule has 3 rings (SSSR count). The Labute approximate surface area is 172 Å². The molecule has 8 N–H and O–H groups in total. The van der Waals surface area contributed by atoms with Crippen molar-refractivity contribution in [3.8, 4) is 0 Å². The van der Waals surface area contributed by atoms with Crippen LogP contribution in [0.2, 0.25) is 0 Å². The average Bonchev–Trinajstić information content (AvgIpc) is 2.82. The van der Waals surface area contributed by atoms with Gasteiger partial charge in [0, 0.05) is 0 Å². The highest BCUT2D eigenvalue weighted by atomic mass is 14.4. The lowest BCUT2D eigenvalue weighted by molar-refractivity contribution is 0.244. The van der Waals surface area contributed by atoms with Gasteiger partial charge in [0.05, 0.1) is 0 Å². The molecule has 0 aromatic heterocycles. The summed E-state index contributed by atoms with van der Waals surface area (Å²) in [6, 6.07) is 0. The normalized spacial score (nSPS) is 19.6. The van der Waals surface area contributed by atoms with Crippen LogP contribution in [-0.2, 0) is 0 Å². The molecule has 3 saturated carbocycles. The molecule has 0 aromatic rings. The molecule has 0 atom stereocenters. The molecule has 0 unspecified atom stereocenters. The van der Waals surface area contributed by atoms with Crippen molar-refractivity contribution in [3.05, 3.63) is 0 Å². The first kappa shape index (κ1) is 31.5. The van der Waals surface area contributed by atoms with E-state index >= 15 is 0 Å². The minimum absolute atomic E-state index is 1.12. The minimum atomic E-state index is 1.12. The monoisotopic (exact) mass is 388 g/mol. The van der Waals surface area contributed by atoms with Gasteiger partial charge in [0.2, 0.25) is 0 Å². The third-order valence-electron chi connectivity index (χ3n) is 5.62. The fourth-order valence-electron chi connectivity index (χ4n) is 4.38. The Bertz CT molecular complexity index is 181.